The topological polar surface area (TPSA) is 110 Å². The molecule has 0 saturated heterocycles. The van der Waals surface area contributed by atoms with Gasteiger partial charge in [-0.2, -0.15) is 0 Å². The van der Waals surface area contributed by atoms with E-state index in [-0.39, 0.29) is 24.9 Å². The average Bonchev–Trinajstić information content (AvgIpc) is 2.36. The van der Waals surface area contributed by atoms with Crippen LogP contribution < -0.4 is 16.6 Å². The summed E-state index contributed by atoms with van der Waals surface area (Å²) in [5, 5.41) is 10.9. The number of rotatable bonds is 5. The summed E-state index contributed by atoms with van der Waals surface area (Å²) < 4.78 is 1.97. The second-order valence-electron chi connectivity index (χ2n) is 4.05. The molecule has 0 atom stereocenters. The molecule has 8 nitrogen and oxygen atoms in total. The minimum Gasteiger partial charge on any atom is -0.481 e. The van der Waals surface area contributed by atoms with Gasteiger partial charge in [-0.1, -0.05) is 0 Å². The SMILES string of the molecule is Cn1cc(C(=O)NCCCC(=O)O)c(=O)n(C)c1=O. The molecule has 0 aliphatic heterocycles. The van der Waals surface area contributed by atoms with Gasteiger partial charge in [0, 0.05) is 33.3 Å². The fourth-order valence-corrected chi connectivity index (χ4v) is 1.50. The Hall–Kier alpha value is -2.38. The summed E-state index contributed by atoms with van der Waals surface area (Å²) >= 11 is 0. The Labute approximate surface area is 108 Å². The number of amides is 1. The van der Waals surface area contributed by atoms with Gasteiger partial charge in [0.15, 0.2) is 0 Å². The number of aliphatic carboxylic acids is 1. The van der Waals surface area contributed by atoms with Crippen LogP contribution >= 0.6 is 0 Å². The number of nitrogens with one attached hydrogen (secondary N) is 1. The molecule has 104 valence electrons. The Bertz CT molecular complexity index is 614. The van der Waals surface area contributed by atoms with Gasteiger partial charge in [0.05, 0.1) is 0 Å². The molecule has 0 aliphatic carbocycles. The zero-order valence-corrected chi connectivity index (χ0v) is 10.7. The second-order valence-corrected chi connectivity index (χ2v) is 4.05. The predicted octanol–water partition coefficient (Wildman–Crippen LogP) is -1.32. The van der Waals surface area contributed by atoms with Crippen LogP contribution in [-0.2, 0) is 18.9 Å². The lowest BCUT2D eigenvalue weighted by Crippen LogP contribution is -2.42. The Morgan fingerprint density at radius 3 is 2.53 bits per heavy atom. The van der Waals surface area contributed by atoms with Crippen molar-refractivity contribution in [3.05, 3.63) is 32.6 Å². The minimum absolute atomic E-state index is 0.0639. The fourth-order valence-electron chi connectivity index (χ4n) is 1.50. The monoisotopic (exact) mass is 269 g/mol. The smallest absolute Gasteiger partial charge is 0.330 e. The van der Waals surface area contributed by atoms with Crippen molar-refractivity contribution >= 4 is 11.9 Å². The van der Waals surface area contributed by atoms with Crippen LogP contribution in [0.3, 0.4) is 0 Å². The van der Waals surface area contributed by atoms with E-state index >= 15 is 0 Å². The first-order valence-corrected chi connectivity index (χ1v) is 5.61. The molecule has 0 spiro atoms. The summed E-state index contributed by atoms with van der Waals surface area (Å²) in [6.07, 6.45) is 1.37. The summed E-state index contributed by atoms with van der Waals surface area (Å²) in [4.78, 5) is 45.2. The third kappa shape index (κ3) is 3.54. The van der Waals surface area contributed by atoms with Crippen molar-refractivity contribution in [2.24, 2.45) is 14.1 Å². The molecular weight excluding hydrogens is 254 g/mol. The third-order valence-corrected chi connectivity index (χ3v) is 2.54. The number of nitrogens with zero attached hydrogens (tertiary/aromatic N) is 2. The van der Waals surface area contributed by atoms with E-state index in [2.05, 4.69) is 5.32 Å². The molecular formula is C11H15N3O5. The summed E-state index contributed by atoms with van der Waals surface area (Å²) in [6, 6.07) is 0. The number of aromatic nitrogens is 2. The Morgan fingerprint density at radius 1 is 1.32 bits per heavy atom. The summed E-state index contributed by atoms with van der Waals surface area (Å²) in [7, 11) is 2.72. The van der Waals surface area contributed by atoms with E-state index in [0.29, 0.717) is 0 Å². The highest BCUT2D eigenvalue weighted by molar-refractivity contribution is 5.93. The van der Waals surface area contributed by atoms with Crippen molar-refractivity contribution in [2.45, 2.75) is 12.8 Å². The molecule has 8 heteroatoms. The van der Waals surface area contributed by atoms with Gasteiger partial charge in [0.25, 0.3) is 11.5 Å². The predicted molar refractivity (Wildman–Crippen MR) is 66.1 cm³/mol. The van der Waals surface area contributed by atoms with Gasteiger partial charge in [0.1, 0.15) is 5.56 Å². The molecule has 1 amide bonds. The van der Waals surface area contributed by atoms with E-state index in [1.165, 1.54) is 14.1 Å². The molecule has 0 unspecified atom stereocenters. The van der Waals surface area contributed by atoms with Crippen LogP contribution in [0, 0.1) is 0 Å². The van der Waals surface area contributed by atoms with Gasteiger partial charge >= 0.3 is 11.7 Å². The molecule has 0 aromatic carbocycles. The maximum absolute atomic E-state index is 11.7. The summed E-state index contributed by atoms with van der Waals surface area (Å²) in [5.41, 5.74) is -1.36. The molecule has 0 radical (unpaired) electrons. The molecule has 0 saturated carbocycles. The standard InChI is InChI=1S/C11H15N3O5/c1-13-6-7(10(18)14(2)11(13)19)9(17)12-5-3-4-8(15)16/h6H,3-5H2,1-2H3,(H,12,17)(H,15,16). The average molecular weight is 269 g/mol. The van der Waals surface area contributed by atoms with Crippen LogP contribution in [-0.4, -0.2) is 32.7 Å². The molecule has 2 N–H and O–H groups in total. The molecule has 1 rings (SSSR count). The Kier molecular flexibility index (Phi) is 4.62. The molecule has 1 aromatic rings. The van der Waals surface area contributed by atoms with Crippen LogP contribution in [0.15, 0.2) is 15.8 Å². The first kappa shape index (κ1) is 14.7. The first-order chi connectivity index (χ1) is 8.84. The summed E-state index contributed by atoms with van der Waals surface area (Å²) in [5.74, 6) is -1.58. The highest BCUT2D eigenvalue weighted by atomic mass is 16.4. The van der Waals surface area contributed by atoms with Crippen molar-refractivity contribution in [1.82, 2.24) is 14.5 Å². The number of carboxylic acids is 1. The maximum atomic E-state index is 11.7. The highest BCUT2D eigenvalue weighted by Gasteiger charge is 2.14. The van der Waals surface area contributed by atoms with Crippen LogP contribution in [0.2, 0.25) is 0 Å². The van der Waals surface area contributed by atoms with Crippen molar-refractivity contribution in [1.29, 1.82) is 0 Å². The number of aryl methyl sites for hydroxylation is 1. The molecule has 19 heavy (non-hydrogen) atoms. The van der Waals surface area contributed by atoms with E-state index in [0.717, 1.165) is 15.3 Å². The molecule has 1 aromatic heterocycles. The van der Waals surface area contributed by atoms with Gasteiger partial charge in [0.2, 0.25) is 0 Å². The second kappa shape index (κ2) is 5.98. The van der Waals surface area contributed by atoms with Crippen LogP contribution in [0.4, 0.5) is 0 Å². The first-order valence-electron chi connectivity index (χ1n) is 5.61. The van der Waals surface area contributed by atoms with Crippen LogP contribution in [0.25, 0.3) is 0 Å². The van der Waals surface area contributed by atoms with Gasteiger partial charge in [-0.25, -0.2) is 4.79 Å². The zero-order chi connectivity index (χ0) is 14.6. The molecule has 1 heterocycles. The highest BCUT2D eigenvalue weighted by Crippen LogP contribution is 1.90. The number of carboxylic acid groups (broad SMARTS) is 1. The lowest BCUT2D eigenvalue weighted by Gasteiger charge is -2.07. The fraction of sp³-hybridized carbons (Fsp3) is 0.455. The number of hydrogen-bond donors (Lipinski definition) is 2. The van der Waals surface area contributed by atoms with Gasteiger partial charge in [-0.15, -0.1) is 0 Å². The van der Waals surface area contributed by atoms with E-state index < -0.39 is 23.1 Å². The zero-order valence-electron chi connectivity index (χ0n) is 10.7. The lowest BCUT2D eigenvalue weighted by atomic mass is 10.2. The van der Waals surface area contributed by atoms with E-state index in [4.69, 9.17) is 5.11 Å². The van der Waals surface area contributed by atoms with Crippen LogP contribution in [0.5, 0.6) is 0 Å². The van der Waals surface area contributed by atoms with E-state index in [1.807, 2.05) is 0 Å². The van der Waals surface area contributed by atoms with Crippen molar-refractivity contribution in [2.75, 3.05) is 6.54 Å². The van der Waals surface area contributed by atoms with E-state index in [9.17, 15) is 19.2 Å². The maximum Gasteiger partial charge on any atom is 0.330 e. The van der Waals surface area contributed by atoms with Gasteiger partial charge < -0.3 is 15.0 Å². The largest absolute Gasteiger partial charge is 0.481 e. The summed E-state index contributed by atoms with van der Waals surface area (Å²) in [6.45, 7) is 0.150. The van der Waals surface area contributed by atoms with Crippen molar-refractivity contribution < 1.29 is 14.7 Å². The van der Waals surface area contributed by atoms with E-state index in [1.54, 1.807) is 0 Å². The van der Waals surface area contributed by atoms with Crippen LogP contribution in [0.1, 0.15) is 23.2 Å². The molecule has 0 aliphatic rings. The van der Waals surface area contributed by atoms with Crippen molar-refractivity contribution in [3.8, 4) is 0 Å². The molecule has 0 fully saturated rings. The molecule has 0 bridgehead atoms. The lowest BCUT2D eigenvalue weighted by molar-refractivity contribution is -0.137. The van der Waals surface area contributed by atoms with Crippen molar-refractivity contribution in [3.63, 3.8) is 0 Å². The van der Waals surface area contributed by atoms with Gasteiger partial charge in [-0.3, -0.25) is 19.0 Å². The van der Waals surface area contributed by atoms with Gasteiger partial charge in [-0.05, 0) is 6.42 Å². The third-order valence-electron chi connectivity index (χ3n) is 2.54. The Balaban J connectivity index is 2.81. The normalized spacial score (nSPS) is 10.2. The Morgan fingerprint density at radius 2 is 1.95 bits per heavy atom. The minimum atomic E-state index is -0.952. The quantitative estimate of drug-likeness (QED) is 0.644. The number of hydrogen-bond acceptors (Lipinski definition) is 4. The number of carbonyl (C=O) groups excluding carboxylic acids is 1. The number of carbonyl (C=O) groups is 2.